The van der Waals surface area contributed by atoms with Crippen LogP contribution in [0.1, 0.15) is 142 Å². The zero-order valence-corrected chi connectivity index (χ0v) is 20.1. The lowest BCUT2D eigenvalue weighted by Gasteiger charge is -2.01. The molecule has 4 nitrogen and oxygen atoms in total. The van der Waals surface area contributed by atoms with Crippen molar-refractivity contribution in [2.24, 2.45) is 0 Å². The lowest BCUT2D eigenvalue weighted by molar-refractivity contribution is -0.138. The van der Waals surface area contributed by atoms with Gasteiger partial charge in [0.1, 0.15) is 0 Å². The predicted octanol–water partition coefficient (Wildman–Crippen LogP) is 8.59. The predicted molar refractivity (Wildman–Crippen MR) is 128 cm³/mol. The van der Waals surface area contributed by atoms with E-state index in [-0.39, 0.29) is 5.97 Å². The SMILES string of the molecule is C=COC(=O)CCCCCCCCCCC.CCCCCCCCCCCC(=O)O. The van der Waals surface area contributed by atoms with E-state index in [2.05, 4.69) is 25.2 Å². The highest BCUT2D eigenvalue weighted by Gasteiger charge is 2.00. The highest BCUT2D eigenvalue weighted by atomic mass is 16.5. The zero-order valence-electron chi connectivity index (χ0n) is 20.1. The third-order valence-electron chi connectivity index (χ3n) is 5.19. The number of ether oxygens (including phenoxy) is 1. The molecular weight excluding hydrogens is 376 g/mol. The summed E-state index contributed by atoms with van der Waals surface area (Å²) in [5.41, 5.74) is 0. The number of aliphatic carboxylic acids is 1. The van der Waals surface area contributed by atoms with Crippen molar-refractivity contribution in [1.29, 1.82) is 0 Å². The second-order valence-electron chi connectivity index (χ2n) is 8.21. The number of rotatable bonds is 21. The molecule has 0 saturated carbocycles. The molecule has 0 saturated heterocycles. The average molecular weight is 427 g/mol. The van der Waals surface area contributed by atoms with Gasteiger partial charge in [-0.2, -0.15) is 0 Å². The van der Waals surface area contributed by atoms with Crippen LogP contribution in [0.15, 0.2) is 12.8 Å². The molecule has 0 aliphatic heterocycles. The van der Waals surface area contributed by atoms with Crippen molar-refractivity contribution < 1.29 is 19.4 Å². The van der Waals surface area contributed by atoms with Crippen molar-refractivity contribution in [3.05, 3.63) is 12.8 Å². The smallest absolute Gasteiger partial charge is 0.310 e. The minimum Gasteiger partial charge on any atom is -0.481 e. The lowest BCUT2D eigenvalue weighted by atomic mass is 10.1. The second kappa shape index (κ2) is 27.7. The molecule has 0 fully saturated rings. The van der Waals surface area contributed by atoms with Gasteiger partial charge in [0.15, 0.2) is 0 Å². The monoisotopic (exact) mass is 426 g/mol. The summed E-state index contributed by atoms with van der Waals surface area (Å²) < 4.78 is 4.64. The van der Waals surface area contributed by atoms with E-state index >= 15 is 0 Å². The van der Waals surface area contributed by atoms with Gasteiger partial charge in [-0.1, -0.05) is 123 Å². The minimum atomic E-state index is -0.659. The molecule has 0 aliphatic carbocycles. The third kappa shape index (κ3) is 31.4. The summed E-state index contributed by atoms with van der Waals surface area (Å²) in [6, 6.07) is 0. The van der Waals surface area contributed by atoms with Crippen LogP contribution in [-0.4, -0.2) is 17.0 Å². The van der Waals surface area contributed by atoms with E-state index in [9.17, 15) is 9.59 Å². The molecule has 0 heterocycles. The van der Waals surface area contributed by atoms with Crippen molar-refractivity contribution >= 4 is 11.9 Å². The minimum absolute atomic E-state index is 0.155. The quantitative estimate of drug-likeness (QED) is 0.113. The van der Waals surface area contributed by atoms with Crippen LogP contribution in [0.2, 0.25) is 0 Å². The maximum Gasteiger partial charge on any atom is 0.310 e. The summed E-state index contributed by atoms with van der Waals surface area (Å²) in [6.45, 7) is 7.82. The Balaban J connectivity index is 0. The highest BCUT2D eigenvalue weighted by Crippen LogP contribution is 2.11. The fourth-order valence-electron chi connectivity index (χ4n) is 3.32. The second-order valence-corrected chi connectivity index (χ2v) is 8.21. The molecule has 0 aromatic rings. The summed E-state index contributed by atoms with van der Waals surface area (Å²) in [7, 11) is 0. The Bertz CT molecular complexity index is 379. The van der Waals surface area contributed by atoms with Gasteiger partial charge in [-0.25, -0.2) is 0 Å². The molecular formula is C26H50O4. The molecule has 4 heteroatoms. The molecule has 0 atom stereocenters. The van der Waals surface area contributed by atoms with Crippen LogP contribution in [0.3, 0.4) is 0 Å². The van der Waals surface area contributed by atoms with Crippen molar-refractivity contribution in [3.63, 3.8) is 0 Å². The number of hydrogen-bond acceptors (Lipinski definition) is 3. The molecule has 178 valence electrons. The summed E-state index contributed by atoms with van der Waals surface area (Å²) in [5, 5.41) is 8.41. The summed E-state index contributed by atoms with van der Waals surface area (Å²) in [6.07, 6.45) is 24.6. The Labute approximate surface area is 186 Å². The summed E-state index contributed by atoms with van der Waals surface area (Å²) >= 11 is 0. The molecule has 0 amide bonds. The van der Waals surface area contributed by atoms with E-state index in [0.717, 1.165) is 25.7 Å². The van der Waals surface area contributed by atoms with Gasteiger partial charge in [0.05, 0.1) is 6.26 Å². The van der Waals surface area contributed by atoms with Crippen LogP contribution in [0, 0.1) is 0 Å². The Morgan fingerprint density at radius 2 is 0.967 bits per heavy atom. The maximum absolute atomic E-state index is 11.0. The largest absolute Gasteiger partial charge is 0.481 e. The fourth-order valence-corrected chi connectivity index (χ4v) is 3.32. The van der Waals surface area contributed by atoms with Crippen molar-refractivity contribution in [2.75, 3.05) is 0 Å². The molecule has 0 spiro atoms. The third-order valence-corrected chi connectivity index (χ3v) is 5.19. The number of unbranched alkanes of at least 4 members (excludes halogenated alkanes) is 16. The first-order valence-electron chi connectivity index (χ1n) is 12.6. The van der Waals surface area contributed by atoms with E-state index in [0.29, 0.717) is 12.8 Å². The van der Waals surface area contributed by atoms with Crippen molar-refractivity contribution in [1.82, 2.24) is 0 Å². The topological polar surface area (TPSA) is 63.6 Å². The van der Waals surface area contributed by atoms with E-state index in [1.54, 1.807) is 0 Å². The van der Waals surface area contributed by atoms with Gasteiger partial charge >= 0.3 is 11.9 Å². The zero-order chi connectivity index (χ0) is 22.7. The van der Waals surface area contributed by atoms with E-state index in [1.807, 2.05) is 0 Å². The normalized spacial score (nSPS) is 10.2. The Morgan fingerprint density at radius 3 is 1.30 bits per heavy atom. The number of hydrogen-bond donors (Lipinski definition) is 1. The van der Waals surface area contributed by atoms with Gasteiger partial charge in [-0.05, 0) is 12.8 Å². The Morgan fingerprint density at radius 1 is 0.633 bits per heavy atom. The molecule has 1 N–H and O–H groups in total. The van der Waals surface area contributed by atoms with Gasteiger partial charge < -0.3 is 9.84 Å². The van der Waals surface area contributed by atoms with Crippen LogP contribution in [0.25, 0.3) is 0 Å². The summed E-state index contributed by atoms with van der Waals surface area (Å²) in [4.78, 5) is 21.2. The van der Waals surface area contributed by atoms with Gasteiger partial charge in [-0.15, -0.1) is 0 Å². The summed E-state index contributed by atoms with van der Waals surface area (Å²) in [5.74, 6) is -0.814. The van der Waals surface area contributed by atoms with Crippen LogP contribution in [0.4, 0.5) is 0 Å². The molecule has 0 aromatic heterocycles. The number of carboxylic acid groups (broad SMARTS) is 1. The van der Waals surface area contributed by atoms with Gasteiger partial charge in [0, 0.05) is 12.8 Å². The van der Waals surface area contributed by atoms with Crippen molar-refractivity contribution in [3.8, 4) is 0 Å². The first-order valence-corrected chi connectivity index (χ1v) is 12.6. The Hall–Kier alpha value is -1.32. The van der Waals surface area contributed by atoms with E-state index in [4.69, 9.17) is 5.11 Å². The van der Waals surface area contributed by atoms with Gasteiger partial charge in [-0.3, -0.25) is 9.59 Å². The highest BCUT2D eigenvalue weighted by molar-refractivity contribution is 5.69. The first kappa shape index (κ1) is 30.9. The molecule has 0 radical (unpaired) electrons. The molecule has 0 aliphatic rings. The van der Waals surface area contributed by atoms with Gasteiger partial charge in [0.25, 0.3) is 0 Å². The number of carbonyl (C=O) groups excluding carboxylic acids is 1. The van der Waals surface area contributed by atoms with Gasteiger partial charge in [0.2, 0.25) is 0 Å². The first-order chi connectivity index (χ1) is 14.6. The van der Waals surface area contributed by atoms with Crippen molar-refractivity contribution in [2.45, 2.75) is 142 Å². The number of carboxylic acids is 1. The average Bonchev–Trinajstić information content (AvgIpc) is 2.72. The molecule has 0 rings (SSSR count). The maximum atomic E-state index is 11.0. The molecule has 30 heavy (non-hydrogen) atoms. The lowest BCUT2D eigenvalue weighted by Crippen LogP contribution is -1.98. The fraction of sp³-hybridized carbons (Fsp3) is 0.846. The van der Waals surface area contributed by atoms with Crippen LogP contribution >= 0.6 is 0 Å². The van der Waals surface area contributed by atoms with E-state index < -0.39 is 5.97 Å². The van der Waals surface area contributed by atoms with Crippen LogP contribution in [0.5, 0.6) is 0 Å². The molecule has 0 aromatic carbocycles. The molecule has 0 unspecified atom stereocenters. The van der Waals surface area contributed by atoms with Crippen LogP contribution < -0.4 is 0 Å². The molecule has 0 bridgehead atoms. The van der Waals surface area contributed by atoms with E-state index in [1.165, 1.54) is 96.2 Å². The standard InChI is InChI=1S/C14H26O2.C12H24O2/c1-3-5-6-7-8-9-10-11-12-13-14(15)16-4-2;1-2-3-4-5-6-7-8-9-10-11-12(13)14/h4H,2-3,5-13H2,1H3;2-11H2,1H3,(H,13,14). The number of esters is 1. The number of carbonyl (C=O) groups is 2. The van der Waals surface area contributed by atoms with Crippen LogP contribution in [-0.2, 0) is 14.3 Å². The Kier molecular flexibility index (Phi) is 28.5.